The van der Waals surface area contributed by atoms with Gasteiger partial charge in [0.15, 0.2) is 0 Å². The van der Waals surface area contributed by atoms with E-state index in [4.69, 9.17) is 4.98 Å². The standard InChI is InChI=1S/C13H11Br2N/c14-10-6-9-5-8-3-1-2-4-12(8)16-13(9)11(15)7-10/h5-7H,1-4H2. The van der Waals surface area contributed by atoms with Gasteiger partial charge in [0.2, 0.25) is 0 Å². The zero-order valence-corrected chi connectivity index (χ0v) is 11.9. The zero-order valence-electron chi connectivity index (χ0n) is 8.76. The molecule has 0 spiro atoms. The maximum Gasteiger partial charge on any atom is 0.0848 e. The van der Waals surface area contributed by atoms with Crippen LogP contribution in [0, 0.1) is 0 Å². The van der Waals surface area contributed by atoms with E-state index in [-0.39, 0.29) is 0 Å². The van der Waals surface area contributed by atoms with Gasteiger partial charge in [0.1, 0.15) is 0 Å². The lowest BCUT2D eigenvalue weighted by molar-refractivity contribution is 0.671. The molecule has 0 aliphatic heterocycles. The van der Waals surface area contributed by atoms with Gasteiger partial charge in [-0.15, -0.1) is 0 Å². The van der Waals surface area contributed by atoms with Crippen molar-refractivity contribution in [2.75, 3.05) is 0 Å². The van der Waals surface area contributed by atoms with Crippen LogP contribution in [-0.2, 0) is 12.8 Å². The molecule has 0 bridgehead atoms. The molecule has 1 aliphatic rings. The van der Waals surface area contributed by atoms with Gasteiger partial charge in [-0.1, -0.05) is 15.9 Å². The van der Waals surface area contributed by atoms with E-state index in [1.165, 1.54) is 35.9 Å². The Balaban J connectivity index is 2.31. The Morgan fingerprint density at radius 2 is 1.81 bits per heavy atom. The number of aryl methyl sites for hydroxylation is 2. The van der Waals surface area contributed by atoms with E-state index in [9.17, 15) is 0 Å². The third-order valence-electron chi connectivity index (χ3n) is 3.11. The van der Waals surface area contributed by atoms with Crippen LogP contribution in [0.3, 0.4) is 0 Å². The molecule has 0 fully saturated rings. The van der Waals surface area contributed by atoms with Gasteiger partial charge in [-0.25, -0.2) is 0 Å². The molecule has 1 aromatic heterocycles. The Morgan fingerprint density at radius 3 is 2.69 bits per heavy atom. The summed E-state index contributed by atoms with van der Waals surface area (Å²) in [6.45, 7) is 0. The summed E-state index contributed by atoms with van der Waals surface area (Å²) in [6, 6.07) is 6.50. The second kappa shape index (κ2) is 4.11. The van der Waals surface area contributed by atoms with Crippen molar-refractivity contribution in [3.8, 4) is 0 Å². The molecule has 0 amide bonds. The van der Waals surface area contributed by atoms with Crippen molar-refractivity contribution in [1.82, 2.24) is 4.98 Å². The van der Waals surface area contributed by atoms with Gasteiger partial charge in [0.25, 0.3) is 0 Å². The Labute approximate surface area is 112 Å². The van der Waals surface area contributed by atoms with Crippen LogP contribution < -0.4 is 0 Å². The van der Waals surface area contributed by atoms with E-state index in [0.29, 0.717) is 0 Å². The topological polar surface area (TPSA) is 12.9 Å². The quantitative estimate of drug-likeness (QED) is 0.680. The van der Waals surface area contributed by atoms with Gasteiger partial charge in [-0.05, 0) is 65.4 Å². The van der Waals surface area contributed by atoms with Gasteiger partial charge in [0, 0.05) is 20.0 Å². The summed E-state index contributed by atoms with van der Waals surface area (Å²) in [5.41, 5.74) is 3.81. The fourth-order valence-corrected chi connectivity index (χ4v) is 3.68. The molecule has 2 aromatic rings. The SMILES string of the molecule is Brc1cc(Br)c2nc3c(cc2c1)CCCC3. The van der Waals surface area contributed by atoms with Gasteiger partial charge in [0.05, 0.1) is 5.52 Å². The van der Waals surface area contributed by atoms with Crippen LogP contribution in [0.1, 0.15) is 24.1 Å². The van der Waals surface area contributed by atoms with E-state index in [2.05, 4.69) is 50.1 Å². The molecular formula is C13H11Br2N. The highest BCUT2D eigenvalue weighted by Crippen LogP contribution is 2.30. The number of pyridine rings is 1. The first kappa shape index (κ1) is 10.7. The molecule has 0 saturated heterocycles. The molecule has 16 heavy (non-hydrogen) atoms. The van der Waals surface area contributed by atoms with Crippen molar-refractivity contribution in [1.29, 1.82) is 0 Å². The normalized spacial score (nSPS) is 15.1. The first-order valence-electron chi connectivity index (χ1n) is 5.51. The van der Waals surface area contributed by atoms with Crippen LogP contribution in [0.2, 0.25) is 0 Å². The summed E-state index contributed by atoms with van der Waals surface area (Å²) in [6.07, 6.45) is 4.89. The predicted octanol–water partition coefficient (Wildman–Crippen LogP) is 4.64. The summed E-state index contributed by atoms with van der Waals surface area (Å²) in [7, 11) is 0. The predicted molar refractivity (Wildman–Crippen MR) is 73.8 cm³/mol. The molecule has 0 N–H and O–H groups in total. The number of hydrogen-bond acceptors (Lipinski definition) is 1. The van der Waals surface area contributed by atoms with Gasteiger partial charge >= 0.3 is 0 Å². The third kappa shape index (κ3) is 1.80. The van der Waals surface area contributed by atoms with E-state index in [1.54, 1.807) is 0 Å². The summed E-state index contributed by atoms with van der Waals surface area (Å²) in [4.78, 5) is 4.79. The lowest BCUT2D eigenvalue weighted by atomic mass is 9.95. The molecule has 0 saturated carbocycles. The molecule has 1 aliphatic carbocycles. The van der Waals surface area contributed by atoms with Gasteiger partial charge in [-0.2, -0.15) is 0 Å². The second-order valence-corrected chi connectivity index (χ2v) is 6.03. The van der Waals surface area contributed by atoms with E-state index in [1.807, 2.05) is 0 Å². The van der Waals surface area contributed by atoms with Crippen LogP contribution in [-0.4, -0.2) is 4.98 Å². The fourth-order valence-electron chi connectivity index (χ4n) is 2.33. The van der Waals surface area contributed by atoms with Crippen LogP contribution in [0.5, 0.6) is 0 Å². The van der Waals surface area contributed by atoms with Crippen molar-refractivity contribution in [2.45, 2.75) is 25.7 Å². The largest absolute Gasteiger partial charge is 0.251 e. The number of halogens is 2. The minimum absolute atomic E-state index is 1.07. The zero-order chi connectivity index (χ0) is 11.1. The highest BCUT2D eigenvalue weighted by molar-refractivity contribution is 9.11. The highest BCUT2D eigenvalue weighted by Gasteiger charge is 2.13. The van der Waals surface area contributed by atoms with Crippen LogP contribution in [0.15, 0.2) is 27.1 Å². The summed E-state index contributed by atoms with van der Waals surface area (Å²) in [5.74, 6) is 0. The van der Waals surface area contributed by atoms with Crippen molar-refractivity contribution in [2.24, 2.45) is 0 Å². The first-order chi connectivity index (χ1) is 7.74. The molecule has 82 valence electrons. The smallest absolute Gasteiger partial charge is 0.0848 e. The highest BCUT2D eigenvalue weighted by atomic mass is 79.9. The van der Waals surface area contributed by atoms with Gasteiger partial charge < -0.3 is 0 Å². The van der Waals surface area contributed by atoms with E-state index >= 15 is 0 Å². The third-order valence-corrected chi connectivity index (χ3v) is 4.18. The second-order valence-electron chi connectivity index (χ2n) is 4.26. The number of hydrogen-bond donors (Lipinski definition) is 0. The van der Waals surface area contributed by atoms with Crippen LogP contribution in [0.25, 0.3) is 10.9 Å². The van der Waals surface area contributed by atoms with Crippen LogP contribution in [0.4, 0.5) is 0 Å². The Morgan fingerprint density at radius 1 is 1.00 bits per heavy atom. The molecule has 3 heteroatoms. The minimum atomic E-state index is 1.07. The lowest BCUT2D eigenvalue weighted by Gasteiger charge is -2.16. The van der Waals surface area contributed by atoms with Crippen molar-refractivity contribution < 1.29 is 0 Å². The van der Waals surface area contributed by atoms with Crippen molar-refractivity contribution in [3.05, 3.63) is 38.4 Å². The average molecular weight is 341 g/mol. The maximum atomic E-state index is 4.79. The lowest BCUT2D eigenvalue weighted by Crippen LogP contribution is -2.05. The summed E-state index contributed by atoms with van der Waals surface area (Å²) in [5, 5.41) is 1.22. The first-order valence-corrected chi connectivity index (χ1v) is 7.10. The molecule has 0 radical (unpaired) electrons. The van der Waals surface area contributed by atoms with Crippen molar-refractivity contribution >= 4 is 42.8 Å². The monoisotopic (exact) mass is 339 g/mol. The van der Waals surface area contributed by atoms with Gasteiger partial charge in [-0.3, -0.25) is 4.98 Å². The molecule has 1 nitrogen and oxygen atoms in total. The Bertz CT molecular complexity index is 563. The number of aromatic nitrogens is 1. The van der Waals surface area contributed by atoms with E-state index in [0.717, 1.165) is 20.9 Å². The van der Waals surface area contributed by atoms with Crippen LogP contribution >= 0.6 is 31.9 Å². The molecular weight excluding hydrogens is 330 g/mol. The molecule has 1 aromatic carbocycles. The molecule has 3 rings (SSSR count). The molecule has 1 heterocycles. The summed E-state index contributed by atoms with van der Waals surface area (Å²) >= 11 is 7.10. The fraction of sp³-hybridized carbons (Fsp3) is 0.308. The van der Waals surface area contributed by atoms with E-state index < -0.39 is 0 Å². The number of benzene rings is 1. The minimum Gasteiger partial charge on any atom is -0.251 e. The molecule has 0 atom stereocenters. The maximum absolute atomic E-state index is 4.79. The average Bonchev–Trinajstić information content (AvgIpc) is 2.27. The summed E-state index contributed by atoms with van der Waals surface area (Å²) < 4.78 is 2.18. The molecule has 0 unspecified atom stereocenters. The Hall–Kier alpha value is -0.410. The number of nitrogens with zero attached hydrogens (tertiary/aromatic N) is 1. The number of fused-ring (bicyclic) bond motifs is 2. The van der Waals surface area contributed by atoms with Crippen molar-refractivity contribution in [3.63, 3.8) is 0 Å². The Kier molecular flexibility index (Phi) is 2.76. The number of rotatable bonds is 0.